The molecule has 0 spiro atoms. The van der Waals surface area contributed by atoms with Crippen LogP contribution in [0.4, 0.5) is 5.69 Å². The van der Waals surface area contributed by atoms with Crippen LogP contribution in [0.3, 0.4) is 0 Å². The first-order valence-electron chi connectivity index (χ1n) is 7.95. The third-order valence-corrected chi connectivity index (χ3v) is 6.83. The van der Waals surface area contributed by atoms with Crippen molar-refractivity contribution in [3.05, 3.63) is 71.1 Å². The SMILES string of the molecule is C=CCNS(=O)(=O)Cc1ccc(NC(=O)c2cnc(-c3cccs3)s2)cc1. The third-order valence-electron chi connectivity index (χ3n) is 3.48. The summed E-state index contributed by atoms with van der Waals surface area (Å²) in [5, 5.41) is 5.57. The van der Waals surface area contributed by atoms with Crippen LogP contribution in [0.2, 0.25) is 0 Å². The zero-order valence-corrected chi connectivity index (χ0v) is 16.7. The van der Waals surface area contributed by atoms with Crippen molar-refractivity contribution >= 4 is 44.3 Å². The maximum Gasteiger partial charge on any atom is 0.267 e. The molecule has 3 aromatic rings. The van der Waals surface area contributed by atoms with Crippen LogP contribution in [-0.2, 0) is 15.8 Å². The lowest BCUT2D eigenvalue weighted by atomic mass is 10.2. The molecule has 140 valence electrons. The van der Waals surface area contributed by atoms with Crippen LogP contribution < -0.4 is 10.0 Å². The van der Waals surface area contributed by atoms with E-state index in [0.717, 1.165) is 9.88 Å². The number of thiazole rings is 1. The normalized spacial score (nSPS) is 11.3. The van der Waals surface area contributed by atoms with E-state index >= 15 is 0 Å². The lowest BCUT2D eigenvalue weighted by Crippen LogP contribution is -2.25. The van der Waals surface area contributed by atoms with Gasteiger partial charge in [-0.15, -0.1) is 29.3 Å². The summed E-state index contributed by atoms with van der Waals surface area (Å²) >= 11 is 2.90. The molecular weight excluding hydrogens is 402 g/mol. The fourth-order valence-electron chi connectivity index (χ4n) is 2.23. The summed E-state index contributed by atoms with van der Waals surface area (Å²) in [6.45, 7) is 3.67. The molecular formula is C18H17N3O3S3. The van der Waals surface area contributed by atoms with Crippen LogP contribution in [-0.4, -0.2) is 25.9 Å². The molecule has 2 aromatic heterocycles. The summed E-state index contributed by atoms with van der Waals surface area (Å²) in [6.07, 6.45) is 3.04. The first-order chi connectivity index (χ1) is 13.0. The average Bonchev–Trinajstić information content (AvgIpc) is 3.32. The molecule has 0 bridgehead atoms. The largest absolute Gasteiger partial charge is 0.321 e. The quantitative estimate of drug-likeness (QED) is 0.545. The number of anilines is 1. The second kappa shape index (κ2) is 8.57. The van der Waals surface area contributed by atoms with E-state index in [1.54, 1.807) is 41.8 Å². The maximum atomic E-state index is 12.4. The lowest BCUT2D eigenvalue weighted by Gasteiger charge is -2.07. The number of nitrogens with zero attached hydrogens (tertiary/aromatic N) is 1. The molecule has 0 aliphatic heterocycles. The minimum Gasteiger partial charge on any atom is -0.321 e. The molecule has 0 saturated carbocycles. The van der Waals surface area contributed by atoms with Crippen molar-refractivity contribution in [2.45, 2.75) is 5.75 Å². The van der Waals surface area contributed by atoms with Gasteiger partial charge in [0.15, 0.2) is 0 Å². The van der Waals surface area contributed by atoms with Crippen molar-refractivity contribution in [2.75, 3.05) is 11.9 Å². The number of aromatic nitrogens is 1. The fourth-order valence-corrected chi connectivity index (χ4v) is 4.95. The Morgan fingerprint density at radius 2 is 2.00 bits per heavy atom. The molecule has 2 heterocycles. The summed E-state index contributed by atoms with van der Waals surface area (Å²) in [6, 6.07) is 10.6. The van der Waals surface area contributed by atoms with Crippen molar-refractivity contribution in [3.63, 3.8) is 0 Å². The number of thiophene rings is 1. The second-order valence-electron chi connectivity index (χ2n) is 5.55. The second-order valence-corrected chi connectivity index (χ2v) is 9.34. The number of hydrogen-bond acceptors (Lipinski definition) is 6. The van der Waals surface area contributed by atoms with Gasteiger partial charge in [0.2, 0.25) is 10.0 Å². The number of carbonyl (C=O) groups is 1. The van der Waals surface area contributed by atoms with Crippen LogP contribution >= 0.6 is 22.7 Å². The Bertz CT molecular complexity index is 1020. The minimum atomic E-state index is -3.41. The van der Waals surface area contributed by atoms with Crippen LogP contribution in [0, 0.1) is 0 Å². The van der Waals surface area contributed by atoms with E-state index in [9.17, 15) is 13.2 Å². The molecule has 0 unspecified atom stereocenters. The molecule has 0 aliphatic rings. The Kier molecular flexibility index (Phi) is 6.17. The number of rotatable bonds is 8. The van der Waals surface area contributed by atoms with Crippen molar-refractivity contribution < 1.29 is 13.2 Å². The Labute approximate surface area is 165 Å². The Balaban J connectivity index is 1.63. The first kappa shape index (κ1) is 19.4. The van der Waals surface area contributed by atoms with E-state index in [2.05, 4.69) is 21.6 Å². The molecule has 2 N–H and O–H groups in total. The Hall–Kier alpha value is -2.33. The fraction of sp³-hybridized carbons (Fsp3) is 0.111. The van der Waals surface area contributed by atoms with E-state index in [-0.39, 0.29) is 18.2 Å². The highest BCUT2D eigenvalue weighted by atomic mass is 32.2. The van der Waals surface area contributed by atoms with E-state index < -0.39 is 10.0 Å². The minimum absolute atomic E-state index is 0.131. The van der Waals surface area contributed by atoms with Gasteiger partial charge in [-0.05, 0) is 29.1 Å². The summed E-state index contributed by atoms with van der Waals surface area (Å²) in [5.41, 5.74) is 1.22. The number of nitrogens with one attached hydrogen (secondary N) is 2. The molecule has 0 atom stereocenters. The van der Waals surface area contributed by atoms with E-state index in [1.807, 2.05) is 17.5 Å². The monoisotopic (exact) mass is 419 g/mol. The van der Waals surface area contributed by atoms with Gasteiger partial charge in [-0.2, -0.15) is 0 Å². The standard InChI is InChI=1S/C18H17N3O3S3/c1-2-9-20-27(23,24)12-13-5-7-14(8-6-13)21-17(22)16-11-19-18(26-16)15-4-3-10-25-15/h2-8,10-11,20H,1,9,12H2,(H,21,22). The smallest absolute Gasteiger partial charge is 0.267 e. The van der Waals surface area contributed by atoms with Gasteiger partial charge in [0.05, 0.1) is 16.8 Å². The summed E-state index contributed by atoms with van der Waals surface area (Å²) in [5.74, 6) is -0.378. The van der Waals surface area contributed by atoms with E-state index in [0.29, 0.717) is 16.1 Å². The first-order valence-corrected chi connectivity index (χ1v) is 11.3. The van der Waals surface area contributed by atoms with Crippen LogP contribution in [0.15, 0.2) is 60.6 Å². The predicted molar refractivity (Wildman–Crippen MR) is 111 cm³/mol. The van der Waals surface area contributed by atoms with Crippen LogP contribution in [0.5, 0.6) is 0 Å². The predicted octanol–water partition coefficient (Wildman–Crippen LogP) is 3.73. The van der Waals surface area contributed by atoms with Gasteiger partial charge in [0.25, 0.3) is 5.91 Å². The highest BCUT2D eigenvalue weighted by Gasteiger charge is 2.13. The van der Waals surface area contributed by atoms with Gasteiger partial charge in [-0.1, -0.05) is 24.3 Å². The molecule has 0 radical (unpaired) electrons. The summed E-state index contributed by atoms with van der Waals surface area (Å²) in [7, 11) is -3.41. The van der Waals surface area contributed by atoms with Crippen LogP contribution in [0.25, 0.3) is 9.88 Å². The van der Waals surface area contributed by atoms with Crippen molar-refractivity contribution in [2.24, 2.45) is 0 Å². The zero-order chi connectivity index (χ0) is 19.3. The van der Waals surface area contributed by atoms with Gasteiger partial charge in [-0.3, -0.25) is 4.79 Å². The highest BCUT2D eigenvalue weighted by molar-refractivity contribution is 7.88. The number of carbonyl (C=O) groups excluding carboxylic acids is 1. The van der Waals surface area contributed by atoms with Crippen molar-refractivity contribution in [1.82, 2.24) is 9.71 Å². The number of hydrogen-bond donors (Lipinski definition) is 2. The molecule has 0 fully saturated rings. The lowest BCUT2D eigenvalue weighted by molar-refractivity contribution is 0.103. The van der Waals surface area contributed by atoms with Crippen LogP contribution in [0.1, 0.15) is 15.2 Å². The molecule has 1 amide bonds. The maximum absolute atomic E-state index is 12.4. The zero-order valence-electron chi connectivity index (χ0n) is 14.2. The van der Waals surface area contributed by atoms with E-state index in [1.165, 1.54) is 17.4 Å². The van der Waals surface area contributed by atoms with E-state index in [4.69, 9.17) is 0 Å². The van der Waals surface area contributed by atoms with Gasteiger partial charge >= 0.3 is 0 Å². The number of sulfonamides is 1. The van der Waals surface area contributed by atoms with Gasteiger partial charge in [-0.25, -0.2) is 18.1 Å². The summed E-state index contributed by atoms with van der Waals surface area (Å²) < 4.78 is 26.2. The third kappa shape index (κ3) is 5.33. The van der Waals surface area contributed by atoms with Crippen molar-refractivity contribution in [3.8, 4) is 9.88 Å². The molecule has 1 aromatic carbocycles. The highest BCUT2D eigenvalue weighted by Crippen LogP contribution is 2.29. The average molecular weight is 420 g/mol. The molecule has 27 heavy (non-hydrogen) atoms. The number of amides is 1. The molecule has 9 heteroatoms. The summed E-state index contributed by atoms with van der Waals surface area (Å²) in [4.78, 5) is 18.2. The molecule has 3 rings (SSSR count). The molecule has 6 nitrogen and oxygen atoms in total. The Morgan fingerprint density at radius 1 is 1.22 bits per heavy atom. The van der Waals surface area contributed by atoms with Gasteiger partial charge in [0.1, 0.15) is 9.88 Å². The topological polar surface area (TPSA) is 88.2 Å². The van der Waals surface area contributed by atoms with Gasteiger partial charge in [0, 0.05) is 12.2 Å². The molecule has 0 saturated heterocycles. The van der Waals surface area contributed by atoms with Gasteiger partial charge < -0.3 is 5.32 Å². The Morgan fingerprint density at radius 3 is 2.67 bits per heavy atom. The number of benzene rings is 1. The van der Waals surface area contributed by atoms with Crippen molar-refractivity contribution in [1.29, 1.82) is 0 Å². The molecule has 0 aliphatic carbocycles.